The van der Waals surface area contributed by atoms with Gasteiger partial charge in [0.1, 0.15) is 0 Å². The average Bonchev–Trinajstić information content (AvgIpc) is 2.67. The van der Waals surface area contributed by atoms with Gasteiger partial charge >= 0.3 is 0 Å². The lowest BCUT2D eigenvalue weighted by atomic mass is 10.0. The Bertz CT molecular complexity index is 314. The summed E-state index contributed by atoms with van der Waals surface area (Å²) in [5.74, 6) is 0.196. The number of carbonyl (C=O) groups is 1. The monoisotopic (exact) mass is 262 g/mol. The van der Waals surface area contributed by atoms with E-state index < -0.39 is 6.04 Å². The van der Waals surface area contributed by atoms with Crippen LogP contribution in [0.2, 0.25) is 0 Å². The summed E-state index contributed by atoms with van der Waals surface area (Å²) in [5, 5.41) is 2.01. The minimum absolute atomic E-state index is 0. The van der Waals surface area contributed by atoms with Crippen LogP contribution in [0.3, 0.4) is 0 Å². The number of halogens is 1. The fourth-order valence-electron chi connectivity index (χ4n) is 1.25. The SMILES string of the molecule is CC(C)[C@H](N)C(=O)N(C)Cc1cccs1.Cl. The zero-order valence-corrected chi connectivity index (χ0v) is 11.5. The van der Waals surface area contributed by atoms with Gasteiger partial charge in [-0.2, -0.15) is 0 Å². The molecule has 1 atom stereocenters. The maximum atomic E-state index is 11.8. The molecule has 1 heterocycles. The lowest BCUT2D eigenvalue weighted by Gasteiger charge is -2.22. The number of hydrogen-bond donors (Lipinski definition) is 1. The third-order valence-electron chi connectivity index (χ3n) is 2.35. The van der Waals surface area contributed by atoms with Crippen molar-refractivity contribution in [1.29, 1.82) is 0 Å². The second kappa shape index (κ2) is 6.89. The summed E-state index contributed by atoms with van der Waals surface area (Å²) in [4.78, 5) is 14.7. The van der Waals surface area contributed by atoms with Gasteiger partial charge in [-0.15, -0.1) is 23.7 Å². The predicted octanol–water partition coefficient (Wildman–Crippen LogP) is 2.11. The third kappa shape index (κ3) is 4.12. The molecule has 0 radical (unpaired) electrons. The molecule has 1 aromatic rings. The van der Waals surface area contributed by atoms with Crippen molar-refractivity contribution < 1.29 is 4.79 Å². The molecule has 2 N–H and O–H groups in total. The molecule has 92 valence electrons. The van der Waals surface area contributed by atoms with Crippen molar-refractivity contribution in [2.24, 2.45) is 11.7 Å². The molecular weight excluding hydrogens is 244 g/mol. The first kappa shape index (κ1) is 15.4. The van der Waals surface area contributed by atoms with Crippen LogP contribution in [0.15, 0.2) is 17.5 Å². The van der Waals surface area contributed by atoms with Gasteiger partial charge in [0.05, 0.1) is 12.6 Å². The molecule has 3 nitrogen and oxygen atoms in total. The minimum Gasteiger partial charge on any atom is -0.339 e. The molecule has 16 heavy (non-hydrogen) atoms. The number of thiophene rings is 1. The first-order valence-corrected chi connectivity index (χ1v) is 5.93. The number of nitrogens with two attached hydrogens (primary N) is 1. The summed E-state index contributed by atoms with van der Waals surface area (Å²) < 4.78 is 0. The van der Waals surface area contributed by atoms with E-state index in [1.807, 2.05) is 31.4 Å². The topological polar surface area (TPSA) is 46.3 Å². The van der Waals surface area contributed by atoms with E-state index in [-0.39, 0.29) is 24.2 Å². The van der Waals surface area contributed by atoms with E-state index in [9.17, 15) is 4.79 Å². The summed E-state index contributed by atoms with van der Waals surface area (Å²) in [6, 6.07) is 3.62. The minimum atomic E-state index is -0.394. The van der Waals surface area contributed by atoms with Gasteiger partial charge in [-0.25, -0.2) is 0 Å². The van der Waals surface area contributed by atoms with Crippen LogP contribution >= 0.6 is 23.7 Å². The zero-order chi connectivity index (χ0) is 11.4. The van der Waals surface area contributed by atoms with Gasteiger partial charge < -0.3 is 10.6 Å². The maximum absolute atomic E-state index is 11.8. The lowest BCUT2D eigenvalue weighted by molar-refractivity contribution is -0.132. The van der Waals surface area contributed by atoms with E-state index in [1.165, 1.54) is 4.88 Å². The summed E-state index contributed by atoms with van der Waals surface area (Å²) in [5.41, 5.74) is 5.80. The van der Waals surface area contributed by atoms with Crippen LogP contribution in [0.4, 0.5) is 0 Å². The fourth-order valence-corrected chi connectivity index (χ4v) is 2.01. The highest BCUT2D eigenvalue weighted by molar-refractivity contribution is 7.09. The van der Waals surface area contributed by atoms with Crippen LogP contribution in [-0.2, 0) is 11.3 Å². The van der Waals surface area contributed by atoms with Crippen LogP contribution < -0.4 is 5.73 Å². The van der Waals surface area contributed by atoms with Crippen LogP contribution in [0.5, 0.6) is 0 Å². The largest absolute Gasteiger partial charge is 0.339 e. The molecule has 0 aliphatic rings. The van der Waals surface area contributed by atoms with Crippen molar-refractivity contribution in [3.63, 3.8) is 0 Å². The second-order valence-electron chi connectivity index (χ2n) is 4.04. The van der Waals surface area contributed by atoms with E-state index in [2.05, 4.69) is 0 Å². The lowest BCUT2D eigenvalue weighted by Crippen LogP contribution is -2.44. The standard InChI is InChI=1S/C11H18N2OS.ClH/c1-8(2)10(12)11(14)13(3)7-9-5-4-6-15-9;/h4-6,8,10H,7,12H2,1-3H3;1H/t10-;/m0./s1. The first-order valence-electron chi connectivity index (χ1n) is 5.05. The van der Waals surface area contributed by atoms with Crippen LogP contribution in [0, 0.1) is 5.92 Å². The molecule has 0 bridgehead atoms. The number of hydrogen-bond acceptors (Lipinski definition) is 3. The Balaban J connectivity index is 0.00000225. The van der Waals surface area contributed by atoms with Gasteiger partial charge in [0, 0.05) is 11.9 Å². The maximum Gasteiger partial charge on any atom is 0.239 e. The molecule has 0 aromatic carbocycles. The number of nitrogens with zero attached hydrogens (tertiary/aromatic N) is 1. The highest BCUT2D eigenvalue weighted by Crippen LogP contribution is 2.12. The molecule has 5 heteroatoms. The van der Waals surface area contributed by atoms with Crippen LogP contribution in [-0.4, -0.2) is 23.9 Å². The molecular formula is C11H19ClN2OS. The van der Waals surface area contributed by atoms with Crippen molar-refractivity contribution >= 4 is 29.7 Å². The van der Waals surface area contributed by atoms with Crippen LogP contribution in [0.25, 0.3) is 0 Å². The third-order valence-corrected chi connectivity index (χ3v) is 3.21. The summed E-state index contributed by atoms with van der Waals surface area (Å²) in [6.45, 7) is 4.57. The Morgan fingerprint density at radius 3 is 2.62 bits per heavy atom. The molecule has 1 aromatic heterocycles. The first-order chi connectivity index (χ1) is 7.02. The van der Waals surface area contributed by atoms with E-state index in [0.717, 1.165) is 0 Å². The predicted molar refractivity (Wildman–Crippen MR) is 70.9 cm³/mol. The van der Waals surface area contributed by atoms with Crippen molar-refractivity contribution in [2.75, 3.05) is 7.05 Å². The highest BCUT2D eigenvalue weighted by atomic mass is 35.5. The summed E-state index contributed by atoms with van der Waals surface area (Å²) in [6.07, 6.45) is 0. The Morgan fingerprint density at radius 2 is 2.19 bits per heavy atom. The Hall–Kier alpha value is -0.580. The smallest absolute Gasteiger partial charge is 0.239 e. The van der Waals surface area contributed by atoms with Gasteiger partial charge in [0.15, 0.2) is 0 Å². The van der Waals surface area contributed by atoms with Crippen molar-refractivity contribution in [3.05, 3.63) is 22.4 Å². The molecule has 0 unspecified atom stereocenters. The Morgan fingerprint density at radius 1 is 1.56 bits per heavy atom. The van der Waals surface area contributed by atoms with Gasteiger partial charge in [0.25, 0.3) is 0 Å². The van der Waals surface area contributed by atoms with Gasteiger partial charge in [-0.1, -0.05) is 19.9 Å². The van der Waals surface area contributed by atoms with E-state index in [1.54, 1.807) is 23.3 Å². The van der Waals surface area contributed by atoms with Crippen molar-refractivity contribution in [1.82, 2.24) is 4.90 Å². The molecule has 1 rings (SSSR count). The highest BCUT2D eigenvalue weighted by Gasteiger charge is 2.20. The zero-order valence-electron chi connectivity index (χ0n) is 9.84. The van der Waals surface area contributed by atoms with E-state index >= 15 is 0 Å². The normalized spacial score (nSPS) is 12.1. The molecule has 0 saturated carbocycles. The summed E-state index contributed by atoms with van der Waals surface area (Å²) in [7, 11) is 1.80. The van der Waals surface area contributed by atoms with Gasteiger partial charge in [-0.3, -0.25) is 4.79 Å². The van der Waals surface area contributed by atoms with E-state index in [4.69, 9.17) is 5.73 Å². The number of likely N-dealkylation sites (N-methyl/N-ethyl adjacent to an activating group) is 1. The molecule has 1 amide bonds. The number of rotatable bonds is 4. The van der Waals surface area contributed by atoms with Crippen molar-refractivity contribution in [3.8, 4) is 0 Å². The average molecular weight is 263 g/mol. The summed E-state index contributed by atoms with van der Waals surface area (Å²) >= 11 is 1.65. The number of amides is 1. The fraction of sp³-hybridized carbons (Fsp3) is 0.545. The molecule has 0 spiro atoms. The van der Waals surface area contributed by atoms with E-state index in [0.29, 0.717) is 6.54 Å². The quantitative estimate of drug-likeness (QED) is 0.904. The van der Waals surface area contributed by atoms with Crippen LogP contribution in [0.1, 0.15) is 18.7 Å². The second-order valence-corrected chi connectivity index (χ2v) is 5.08. The molecule has 0 saturated heterocycles. The molecule has 0 fully saturated rings. The van der Waals surface area contributed by atoms with Gasteiger partial charge in [-0.05, 0) is 17.4 Å². The molecule has 0 aliphatic heterocycles. The molecule has 0 aliphatic carbocycles. The Kier molecular flexibility index (Phi) is 6.64. The number of carbonyl (C=O) groups excluding carboxylic acids is 1. The van der Waals surface area contributed by atoms with Crippen molar-refractivity contribution in [2.45, 2.75) is 26.4 Å². The van der Waals surface area contributed by atoms with Gasteiger partial charge in [0.2, 0.25) is 5.91 Å². The Labute approximate surface area is 107 Å².